The molecule has 2 aliphatic rings. The Hall–Kier alpha value is -3.36. The lowest BCUT2D eigenvalue weighted by molar-refractivity contribution is 0.00578. The Morgan fingerprint density at radius 2 is 1.59 bits per heavy atom. The molecule has 5 rings (SSSR count). The minimum Gasteiger partial charge on any atom is -0.449 e. The van der Waals surface area contributed by atoms with E-state index in [-0.39, 0.29) is 19.1 Å². The Morgan fingerprint density at radius 1 is 1.03 bits per heavy atom. The van der Waals surface area contributed by atoms with Crippen LogP contribution in [0.2, 0.25) is 0 Å². The number of carbonyl (C=O) groups excluding carboxylic acids is 1. The monoisotopic (exact) mass is 499 g/mol. The van der Waals surface area contributed by atoms with Gasteiger partial charge in [0.05, 0.1) is 16.9 Å². The van der Waals surface area contributed by atoms with E-state index in [0.29, 0.717) is 0 Å². The van der Waals surface area contributed by atoms with Gasteiger partial charge < -0.3 is 19.4 Å². The molecule has 0 spiro atoms. The zero-order valence-electron chi connectivity index (χ0n) is 22.3. The van der Waals surface area contributed by atoms with Crippen LogP contribution < -0.4 is 5.32 Å². The highest BCUT2D eigenvalue weighted by Gasteiger charge is 2.52. The van der Waals surface area contributed by atoms with E-state index in [9.17, 15) is 4.79 Å². The van der Waals surface area contributed by atoms with Gasteiger partial charge in [0, 0.05) is 23.7 Å². The number of nitrogens with one attached hydrogen (secondary N) is 2. The van der Waals surface area contributed by atoms with Gasteiger partial charge in [-0.2, -0.15) is 5.10 Å². The molecule has 0 unspecified atom stereocenters. The first kappa shape index (κ1) is 25.3. The van der Waals surface area contributed by atoms with Crippen LogP contribution in [0.15, 0.2) is 54.0 Å². The maximum absolute atomic E-state index is 12.9. The molecule has 37 heavy (non-hydrogen) atoms. The normalized spacial score (nSPS) is 18.0. The van der Waals surface area contributed by atoms with Gasteiger partial charge in [-0.25, -0.2) is 4.79 Å². The van der Waals surface area contributed by atoms with E-state index >= 15 is 0 Å². The Labute approximate surface area is 218 Å². The zero-order chi connectivity index (χ0) is 26.4. The van der Waals surface area contributed by atoms with Crippen molar-refractivity contribution in [2.45, 2.75) is 58.7 Å². The average molecular weight is 499 g/mol. The summed E-state index contributed by atoms with van der Waals surface area (Å²) in [5, 5.41) is 10.2. The maximum atomic E-state index is 12.9. The number of ether oxygens (including phenoxy) is 1. The molecule has 0 bridgehead atoms. The zero-order valence-corrected chi connectivity index (χ0v) is 22.3. The molecular formula is C29H34BN3O4. The van der Waals surface area contributed by atoms with Crippen LogP contribution >= 0.6 is 0 Å². The van der Waals surface area contributed by atoms with Crippen LogP contribution in [-0.4, -0.2) is 47.8 Å². The number of benzene rings is 2. The molecule has 1 aliphatic heterocycles. The summed E-state index contributed by atoms with van der Waals surface area (Å²) < 4.78 is 18.3. The van der Waals surface area contributed by atoms with Crippen LogP contribution in [0.1, 0.15) is 61.7 Å². The third-order valence-electron chi connectivity index (χ3n) is 7.85. The van der Waals surface area contributed by atoms with Crippen molar-refractivity contribution in [2.75, 3.05) is 13.2 Å². The summed E-state index contributed by atoms with van der Waals surface area (Å²) in [7, 11) is -0.604. The molecule has 7 nitrogen and oxygen atoms in total. The lowest BCUT2D eigenvalue weighted by Gasteiger charge is -2.32. The Balaban J connectivity index is 1.30. The van der Waals surface area contributed by atoms with Crippen molar-refractivity contribution in [1.29, 1.82) is 0 Å². The van der Waals surface area contributed by atoms with E-state index in [1.807, 2.05) is 71.9 Å². The van der Waals surface area contributed by atoms with Crippen molar-refractivity contribution < 1.29 is 18.8 Å². The predicted molar refractivity (Wildman–Crippen MR) is 145 cm³/mol. The van der Waals surface area contributed by atoms with Gasteiger partial charge in [-0.15, -0.1) is 0 Å². The molecule has 0 radical (unpaired) electrons. The van der Waals surface area contributed by atoms with Crippen molar-refractivity contribution in [3.05, 3.63) is 82.1 Å². The van der Waals surface area contributed by atoms with Crippen LogP contribution in [0.3, 0.4) is 0 Å². The van der Waals surface area contributed by atoms with Gasteiger partial charge in [0.25, 0.3) is 0 Å². The summed E-state index contributed by atoms with van der Waals surface area (Å²) in [6, 6.07) is 16.6. The van der Waals surface area contributed by atoms with Crippen LogP contribution in [0, 0.1) is 13.8 Å². The van der Waals surface area contributed by atoms with E-state index in [2.05, 4.69) is 39.8 Å². The first-order chi connectivity index (χ1) is 17.6. The van der Waals surface area contributed by atoms with E-state index in [1.165, 1.54) is 22.3 Å². The summed E-state index contributed by atoms with van der Waals surface area (Å²) in [6.45, 7) is 12.4. The van der Waals surface area contributed by atoms with Crippen LogP contribution in [-0.2, 0) is 14.0 Å². The minimum atomic E-state index is -0.604. The molecule has 192 valence electrons. The van der Waals surface area contributed by atoms with Crippen molar-refractivity contribution in [3.63, 3.8) is 0 Å². The molecule has 1 amide bonds. The Kier molecular flexibility index (Phi) is 6.50. The van der Waals surface area contributed by atoms with Gasteiger partial charge in [-0.3, -0.25) is 5.10 Å². The number of alkyl carbamates (subject to hydrolysis) is 1. The third kappa shape index (κ3) is 4.71. The number of fused-ring (bicyclic) bond motifs is 3. The smallest absolute Gasteiger partial charge is 0.449 e. The van der Waals surface area contributed by atoms with Crippen molar-refractivity contribution in [1.82, 2.24) is 15.5 Å². The lowest BCUT2D eigenvalue weighted by Crippen LogP contribution is -2.41. The van der Waals surface area contributed by atoms with Gasteiger partial charge >= 0.3 is 13.2 Å². The number of H-pyrrole nitrogens is 1. The maximum Gasteiger partial charge on any atom is 0.492 e. The number of rotatable bonds is 6. The molecule has 1 saturated heterocycles. The van der Waals surface area contributed by atoms with Gasteiger partial charge in [0.15, 0.2) is 0 Å². The fraction of sp³-hybridized carbons (Fsp3) is 0.379. The fourth-order valence-electron chi connectivity index (χ4n) is 4.98. The molecule has 3 aromatic rings. The van der Waals surface area contributed by atoms with Crippen molar-refractivity contribution in [3.8, 4) is 11.1 Å². The van der Waals surface area contributed by atoms with Crippen LogP contribution in [0.4, 0.5) is 4.79 Å². The van der Waals surface area contributed by atoms with Gasteiger partial charge in [0.2, 0.25) is 0 Å². The predicted octanol–water partition coefficient (Wildman–Crippen LogP) is 5.58. The number of hydrogen-bond donors (Lipinski definition) is 2. The number of aromatic amines is 1. The summed E-state index contributed by atoms with van der Waals surface area (Å²) in [5.74, 6) is 0.00693. The highest BCUT2D eigenvalue weighted by Crippen LogP contribution is 2.44. The van der Waals surface area contributed by atoms with E-state index in [0.717, 1.165) is 22.4 Å². The van der Waals surface area contributed by atoms with E-state index < -0.39 is 24.4 Å². The SMILES string of the molecule is Cc1n[nH]c(C)c1C=C(CNC(=O)OCC1c2ccccc2-c2ccccc21)B1OC(C)(C)C(C)(C)O1. The highest BCUT2D eigenvalue weighted by molar-refractivity contribution is 6.56. The van der Waals surface area contributed by atoms with Crippen molar-refractivity contribution >= 4 is 19.3 Å². The average Bonchev–Trinajstić information content (AvgIpc) is 3.43. The first-order valence-electron chi connectivity index (χ1n) is 12.7. The highest BCUT2D eigenvalue weighted by atomic mass is 16.7. The summed E-state index contributed by atoms with van der Waals surface area (Å²) in [5.41, 5.74) is 7.31. The molecule has 1 aliphatic carbocycles. The van der Waals surface area contributed by atoms with E-state index in [4.69, 9.17) is 14.0 Å². The first-order valence-corrected chi connectivity index (χ1v) is 12.7. The molecular weight excluding hydrogens is 465 g/mol. The van der Waals surface area contributed by atoms with Crippen molar-refractivity contribution in [2.24, 2.45) is 0 Å². The number of aryl methyl sites for hydroxylation is 2. The molecule has 2 heterocycles. The molecule has 2 aromatic carbocycles. The second kappa shape index (κ2) is 9.51. The molecule has 1 fully saturated rings. The largest absolute Gasteiger partial charge is 0.492 e. The molecule has 2 N–H and O–H groups in total. The lowest BCUT2D eigenvalue weighted by atomic mass is 9.76. The standard InChI is InChI=1S/C29H34BN3O4/c1-18-25(19(2)33-32-18)15-20(30-36-28(3,4)29(5,6)37-30)16-31-27(34)35-17-26-23-13-9-7-11-21(23)22-12-8-10-14-24(22)26/h7-15,26H,16-17H2,1-6H3,(H,31,34)(H,32,33). The molecule has 1 aromatic heterocycles. The number of hydrogen-bond acceptors (Lipinski definition) is 5. The van der Waals surface area contributed by atoms with Gasteiger partial charge in [-0.1, -0.05) is 54.6 Å². The summed E-state index contributed by atoms with van der Waals surface area (Å²) >= 11 is 0. The minimum absolute atomic E-state index is 0.00693. The Bertz CT molecular complexity index is 1280. The Morgan fingerprint density at radius 3 is 2.14 bits per heavy atom. The van der Waals surface area contributed by atoms with Gasteiger partial charge in [-0.05, 0) is 69.3 Å². The summed E-state index contributed by atoms with van der Waals surface area (Å²) in [6.07, 6.45) is 1.50. The molecule has 0 atom stereocenters. The number of amides is 1. The van der Waals surface area contributed by atoms with Crippen LogP contribution in [0.25, 0.3) is 17.2 Å². The second-order valence-electron chi connectivity index (χ2n) is 10.8. The number of carbonyl (C=O) groups is 1. The molecule has 0 saturated carbocycles. The quantitative estimate of drug-likeness (QED) is 0.433. The summed E-state index contributed by atoms with van der Waals surface area (Å²) in [4.78, 5) is 12.9. The number of aromatic nitrogens is 2. The van der Waals surface area contributed by atoms with E-state index in [1.54, 1.807) is 0 Å². The second-order valence-corrected chi connectivity index (χ2v) is 10.8. The van der Waals surface area contributed by atoms with Gasteiger partial charge in [0.1, 0.15) is 6.61 Å². The topological polar surface area (TPSA) is 85.5 Å². The van der Waals surface area contributed by atoms with Crippen LogP contribution in [0.5, 0.6) is 0 Å². The number of nitrogens with zero attached hydrogens (tertiary/aromatic N) is 1. The third-order valence-corrected chi connectivity index (χ3v) is 7.85. The fourth-order valence-corrected chi connectivity index (χ4v) is 4.98. The molecule has 8 heteroatoms.